The molecular weight excluding hydrogens is 388 g/mol. The molecule has 0 saturated heterocycles. The molecule has 0 radical (unpaired) electrons. The van der Waals surface area contributed by atoms with Crippen molar-refractivity contribution in [2.24, 2.45) is 0 Å². The molecule has 0 aliphatic rings. The van der Waals surface area contributed by atoms with Crippen molar-refractivity contribution in [3.05, 3.63) is 106 Å². The highest BCUT2D eigenvalue weighted by molar-refractivity contribution is 5.70. The molecule has 0 amide bonds. The monoisotopic (exact) mass is 412 g/mol. The molecule has 0 bridgehead atoms. The largest absolute Gasteiger partial charge is 0.396 e. The first-order chi connectivity index (χ1) is 14.4. The van der Waals surface area contributed by atoms with Crippen LogP contribution in [0.5, 0.6) is 0 Å². The van der Waals surface area contributed by atoms with E-state index in [1.54, 1.807) is 66.7 Å². The number of aryl methyl sites for hydroxylation is 1. The minimum atomic E-state index is -4.32. The molecule has 0 fully saturated rings. The molecule has 0 aromatic heterocycles. The summed E-state index contributed by atoms with van der Waals surface area (Å²) in [6.45, 7) is 2.05. The van der Waals surface area contributed by atoms with Crippen molar-refractivity contribution in [2.45, 2.75) is 38.3 Å². The van der Waals surface area contributed by atoms with Gasteiger partial charge in [0.25, 0.3) is 0 Å². The first kappa shape index (κ1) is 21.8. The van der Waals surface area contributed by atoms with Gasteiger partial charge in [-0.05, 0) is 41.2 Å². The summed E-state index contributed by atoms with van der Waals surface area (Å²) in [5.74, 6) is -1.82. The maximum Gasteiger partial charge on any atom is 0.396 e. The van der Waals surface area contributed by atoms with Gasteiger partial charge in [0, 0.05) is 5.56 Å². The van der Waals surface area contributed by atoms with Gasteiger partial charge in [-0.1, -0.05) is 92.2 Å². The summed E-state index contributed by atoms with van der Waals surface area (Å²) in [5.41, 5.74) is 3.12. The zero-order chi connectivity index (χ0) is 21.6. The van der Waals surface area contributed by atoms with E-state index in [0.717, 1.165) is 24.0 Å². The average molecular weight is 412 g/mol. The summed E-state index contributed by atoms with van der Waals surface area (Å²) < 4.78 is 54.8. The molecule has 4 heteroatoms. The van der Waals surface area contributed by atoms with E-state index < -0.39 is 12.1 Å². The second kappa shape index (κ2) is 9.75. The third-order valence-electron chi connectivity index (χ3n) is 5.08. The van der Waals surface area contributed by atoms with Gasteiger partial charge in [0.1, 0.15) is 5.82 Å². The van der Waals surface area contributed by atoms with Crippen LogP contribution in [0.4, 0.5) is 17.6 Å². The van der Waals surface area contributed by atoms with E-state index in [-0.39, 0.29) is 17.8 Å². The molecule has 156 valence electrons. The minimum absolute atomic E-state index is 0.120. The van der Waals surface area contributed by atoms with Crippen LogP contribution in [0.15, 0.2) is 72.8 Å². The second-order valence-electron chi connectivity index (χ2n) is 7.39. The first-order valence-electron chi connectivity index (χ1n) is 10.0. The number of halogens is 4. The maximum absolute atomic E-state index is 14.2. The fraction of sp³-hybridized carbons (Fsp3) is 0.231. The molecule has 0 spiro atoms. The molecule has 1 atom stereocenters. The van der Waals surface area contributed by atoms with Crippen molar-refractivity contribution in [3.63, 3.8) is 0 Å². The van der Waals surface area contributed by atoms with Crippen molar-refractivity contribution in [1.82, 2.24) is 0 Å². The fourth-order valence-corrected chi connectivity index (χ4v) is 3.44. The summed E-state index contributed by atoms with van der Waals surface area (Å²) in [5, 5.41) is 0. The van der Waals surface area contributed by atoms with Gasteiger partial charge in [-0.2, -0.15) is 13.2 Å². The Bertz CT molecular complexity index is 970. The summed E-state index contributed by atoms with van der Waals surface area (Å²) in [6, 6.07) is 20.1. The third-order valence-corrected chi connectivity index (χ3v) is 5.08. The lowest BCUT2D eigenvalue weighted by Gasteiger charge is -2.21. The van der Waals surface area contributed by atoms with E-state index in [0.29, 0.717) is 11.1 Å². The van der Waals surface area contributed by atoms with Crippen LogP contribution in [0.25, 0.3) is 12.2 Å². The standard InChI is InChI=1S/C26H24F4/c1-2-6-20-14-16-23(25(27)18-20)15-13-19-9-11-21(12-10-19)17-24(26(28,29)30)22-7-4-3-5-8-22/h3-5,7-16,18,24H,2,6,17H2,1H3/t24-/m1/s1. The summed E-state index contributed by atoms with van der Waals surface area (Å²) in [6.07, 6.45) is 0.805. The lowest BCUT2D eigenvalue weighted by molar-refractivity contribution is -0.150. The Kier molecular flexibility index (Phi) is 7.09. The van der Waals surface area contributed by atoms with Gasteiger partial charge < -0.3 is 0 Å². The number of rotatable bonds is 7. The van der Waals surface area contributed by atoms with Crippen LogP contribution in [-0.2, 0) is 12.8 Å². The highest BCUT2D eigenvalue weighted by atomic mass is 19.4. The minimum Gasteiger partial charge on any atom is -0.206 e. The zero-order valence-corrected chi connectivity index (χ0v) is 16.8. The van der Waals surface area contributed by atoms with Crippen LogP contribution in [0, 0.1) is 5.82 Å². The van der Waals surface area contributed by atoms with Crippen LogP contribution in [0.3, 0.4) is 0 Å². The number of hydrogen-bond acceptors (Lipinski definition) is 0. The number of hydrogen-bond donors (Lipinski definition) is 0. The van der Waals surface area contributed by atoms with Crippen molar-refractivity contribution >= 4 is 12.2 Å². The van der Waals surface area contributed by atoms with Gasteiger partial charge in [0.05, 0.1) is 5.92 Å². The lowest BCUT2D eigenvalue weighted by Crippen LogP contribution is -2.22. The van der Waals surface area contributed by atoms with E-state index in [1.807, 2.05) is 13.0 Å². The quantitative estimate of drug-likeness (QED) is 0.274. The molecule has 0 heterocycles. The van der Waals surface area contributed by atoms with E-state index in [4.69, 9.17) is 0 Å². The Morgan fingerprint density at radius 3 is 2.10 bits per heavy atom. The van der Waals surface area contributed by atoms with Gasteiger partial charge in [-0.3, -0.25) is 0 Å². The third kappa shape index (κ3) is 5.82. The van der Waals surface area contributed by atoms with E-state index in [9.17, 15) is 17.6 Å². The molecule has 0 nitrogen and oxygen atoms in total. The molecule has 0 aliphatic heterocycles. The van der Waals surface area contributed by atoms with Crippen LogP contribution in [-0.4, -0.2) is 6.18 Å². The summed E-state index contributed by atoms with van der Waals surface area (Å²) >= 11 is 0. The van der Waals surface area contributed by atoms with Crippen LogP contribution in [0.1, 0.15) is 47.1 Å². The SMILES string of the molecule is CCCc1ccc(C=Cc2ccc(C[C@H](c3ccccc3)C(F)(F)F)cc2)c(F)c1. The highest BCUT2D eigenvalue weighted by Gasteiger charge is 2.40. The smallest absolute Gasteiger partial charge is 0.206 e. The van der Waals surface area contributed by atoms with Gasteiger partial charge in [0.2, 0.25) is 0 Å². The van der Waals surface area contributed by atoms with Gasteiger partial charge >= 0.3 is 6.18 Å². The molecule has 3 aromatic rings. The van der Waals surface area contributed by atoms with Crippen LogP contribution in [0.2, 0.25) is 0 Å². The van der Waals surface area contributed by atoms with E-state index >= 15 is 0 Å². The van der Waals surface area contributed by atoms with E-state index in [2.05, 4.69) is 0 Å². The Morgan fingerprint density at radius 2 is 1.50 bits per heavy atom. The molecule has 3 aromatic carbocycles. The van der Waals surface area contributed by atoms with Crippen LogP contribution >= 0.6 is 0 Å². The normalized spacial score (nSPS) is 13.0. The lowest BCUT2D eigenvalue weighted by atomic mass is 9.91. The summed E-state index contributed by atoms with van der Waals surface area (Å²) in [7, 11) is 0. The van der Waals surface area contributed by atoms with E-state index in [1.165, 1.54) is 12.1 Å². The molecule has 0 saturated carbocycles. The molecule has 0 aliphatic carbocycles. The Hall–Kier alpha value is -2.88. The fourth-order valence-electron chi connectivity index (χ4n) is 3.44. The molecular formula is C26H24F4. The zero-order valence-electron chi connectivity index (χ0n) is 16.8. The molecule has 0 unspecified atom stereocenters. The van der Waals surface area contributed by atoms with Crippen molar-refractivity contribution in [1.29, 1.82) is 0 Å². The van der Waals surface area contributed by atoms with Gasteiger partial charge in [-0.15, -0.1) is 0 Å². The molecule has 3 rings (SSSR count). The average Bonchev–Trinajstić information content (AvgIpc) is 2.72. The second-order valence-corrected chi connectivity index (χ2v) is 7.39. The Balaban J connectivity index is 1.72. The van der Waals surface area contributed by atoms with Crippen molar-refractivity contribution in [2.75, 3.05) is 0 Å². The topological polar surface area (TPSA) is 0 Å². The van der Waals surface area contributed by atoms with Gasteiger partial charge in [0.15, 0.2) is 0 Å². The Morgan fingerprint density at radius 1 is 0.833 bits per heavy atom. The number of benzene rings is 3. The number of alkyl halides is 3. The van der Waals surface area contributed by atoms with Crippen molar-refractivity contribution in [3.8, 4) is 0 Å². The van der Waals surface area contributed by atoms with Gasteiger partial charge in [-0.25, -0.2) is 4.39 Å². The highest BCUT2D eigenvalue weighted by Crippen LogP contribution is 2.37. The Labute approximate surface area is 174 Å². The molecule has 0 N–H and O–H groups in total. The van der Waals surface area contributed by atoms with Crippen molar-refractivity contribution < 1.29 is 17.6 Å². The maximum atomic E-state index is 14.2. The first-order valence-corrected chi connectivity index (χ1v) is 10.0. The predicted molar refractivity (Wildman–Crippen MR) is 115 cm³/mol. The van der Waals surface area contributed by atoms with Crippen LogP contribution < -0.4 is 0 Å². The predicted octanol–water partition coefficient (Wildman–Crippen LogP) is 7.84. The molecule has 30 heavy (non-hydrogen) atoms. The summed E-state index contributed by atoms with van der Waals surface area (Å²) in [4.78, 5) is 0.